The van der Waals surface area contributed by atoms with Gasteiger partial charge in [-0.25, -0.2) is 9.59 Å². The average Bonchev–Trinajstić information content (AvgIpc) is 2.40. The maximum absolute atomic E-state index is 9.89. The van der Waals surface area contributed by atoms with Crippen molar-refractivity contribution < 1.29 is 29.6 Å². The maximum Gasteiger partial charge on any atom is 0.423 e. The number of hydrogen-bond donors (Lipinski definition) is 2. The molecule has 0 aromatic heterocycles. The lowest BCUT2D eigenvalue weighted by atomic mass is 10.3. The van der Waals surface area contributed by atoms with Gasteiger partial charge in [-0.3, -0.25) is 0 Å². The molecule has 9 heavy (non-hydrogen) atoms. The van der Waals surface area contributed by atoms with Crippen LogP contribution in [0, 0.1) is 0 Å². The topological polar surface area (TPSA) is 99.7 Å². The van der Waals surface area contributed by atoms with Gasteiger partial charge < -0.3 is 10.2 Å². The van der Waals surface area contributed by atoms with E-state index < -0.39 is 17.7 Å². The minimum Gasteiger partial charge on any atom is -0.477 e. The van der Waals surface area contributed by atoms with E-state index in [1.165, 1.54) is 0 Å². The first-order valence-electron chi connectivity index (χ1n) is 1.93. The number of carboxylic acid groups (broad SMARTS) is 2. The third-order valence-electron chi connectivity index (χ3n) is 0.813. The Morgan fingerprint density at radius 1 is 1.11 bits per heavy atom. The molecule has 0 saturated carbocycles. The fraction of sp³-hybridized carbons (Fsp3) is 0.333. The summed E-state index contributed by atoms with van der Waals surface area (Å²) in [6, 6.07) is 0. The SMILES string of the molecule is O=C(O)C1(C(=O)O)OO1. The van der Waals surface area contributed by atoms with Crippen molar-refractivity contribution >= 4 is 11.9 Å². The normalized spacial score (nSPS) is 20.9. The van der Waals surface area contributed by atoms with E-state index in [2.05, 4.69) is 9.78 Å². The molecule has 0 aromatic carbocycles. The molecular formula is C3H2O6. The molecule has 1 aliphatic rings. The van der Waals surface area contributed by atoms with Crippen LogP contribution in [-0.4, -0.2) is 27.9 Å². The number of rotatable bonds is 2. The minimum absolute atomic E-state index is 1.66. The Kier molecular flexibility index (Phi) is 0.948. The lowest BCUT2D eigenvalue weighted by molar-refractivity contribution is -0.157. The summed E-state index contributed by atoms with van der Waals surface area (Å²) in [5.74, 6) is -5.73. The molecule has 0 unspecified atom stereocenters. The summed E-state index contributed by atoms with van der Waals surface area (Å²) in [6.45, 7) is 0. The summed E-state index contributed by atoms with van der Waals surface area (Å²) in [6.07, 6.45) is 0. The van der Waals surface area contributed by atoms with Crippen LogP contribution in [-0.2, 0) is 19.4 Å². The highest BCUT2D eigenvalue weighted by molar-refractivity contribution is 6.01. The maximum atomic E-state index is 9.89. The van der Waals surface area contributed by atoms with Gasteiger partial charge in [0.2, 0.25) is 0 Å². The van der Waals surface area contributed by atoms with Gasteiger partial charge >= 0.3 is 17.7 Å². The standard InChI is InChI=1S/C3H2O6/c4-1(5)3(2(6)7)8-9-3/h(H,4,5)(H,6,7). The van der Waals surface area contributed by atoms with E-state index in [1.807, 2.05) is 0 Å². The van der Waals surface area contributed by atoms with Crippen molar-refractivity contribution in [3.05, 3.63) is 0 Å². The molecule has 0 bridgehead atoms. The van der Waals surface area contributed by atoms with Gasteiger partial charge in [0.1, 0.15) is 0 Å². The molecule has 0 amide bonds. The lowest BCUT2D eigenvalue weighted by Crippen LogP contribution is -2.33. The van der Waals surface area contributed by atoms with Crippen molar-refractivity contribution in [1.29, 1.82) is 0 Å². The molecule has 1 rings (SSSR count). The second-order valence-electron chi connectivity index (χ2n) is 1.39. The van der Waals surface area contributed by atoms with E-state index >= 15 is 0 Å². The van der Waals surface area contributed by atoms with Crippen LogP contribution < -0.4 is 0 Å². The van der Waals surface area contributed by atoms with E-state index in [1.54, 1.807) is 0 Å². The predicted octanol–water partition coefficient (Wildman–Crippen LogP) is -1.19. The first kappa shape index (κ1) is 5.99. The van der Waals surface area contributed by atoms with Crippen LogP contribution in [0.25, 0.3) is 0 Å². The molecule has 1 heterocycles. The van der Waals surface area contributed by atoms with E-state index in [9.17, 15) is 9.59 Å². The van der Waals surface area contributed by atoms with Gasteiger partial charge in [-0.1, -0.05) is 0 Å². The Morgan fingerprint density at radius 3 is 1.44 bits per heavy atom. The summed E-state index contributed by atoms with van der Waals surface area (Å²) >= 11 is 0. The van der Waals surface area contributed by atoms with Gasteiger partial charge in [0.05, 0.1) is 0 Å². The van der Waals surface area contributed by atoms with Crippen molar-refractivity contribution in [2.75, 3.05) is 0 Å². The molecule has 0 spiro atoms. The van der Waals surface area contributed by atoms with Crippen molar-refractivity contribution in [1.82, 2.24) is 0 Å². The molecule has 1 saturated heterocycles. The zero-order valence-electron chi connectivity index (χ0n) is 4.03. The highest BCUT2D eigenvalue weighted by Gasteiger charge is 2.65. The molecule has 1 aliphatic heterocycles. The second-order valence-corrected chi connectivity index (χ2v) is 1.39. The summed E-state index contributed by atoms with van der Waals surface area (Å²) < 4.78 is 0. The fourth-order valence-electron chi connectivity index (χ4n) is 0.276. The van der Waals surface area contributed by atoms with Gasteiger partial charge in [0, 0.05) is 0 Å². The number of carboxylic acids is 2. The van der Waals surface area contributed by atoms with Crippen molar-refractivity contribution in [2.45, 2.75) is 5.79 Å². The van der Waals surface area contributed by atoms with Crippen LogP contribution in [0.5, 0.6) is 0 Å². The van der Waals surface area contributed by atoms with Crippen molar-refractivity contribution in [3.8, 4) is 0 Å². The zero-order chi connectivity index (χ0) is 7.07. The number of aliphatic carboxylic acids is 2. The van der Waals surface area contributed by atoms with Gasteiger partial charge in [0.25, 0.3) is 0 Å². The van der Waals surface area contributed by atoms with Crippen LogP contribution in [0.3, 0.4) is 0 Å². The largest absolute Gasteiger partial charge is 0.477 e. The number of hydrogen-bond acceptors (Lipinski definition) is 4. The van der Waals surface area contributed by atoms with E-state index in [4.69, 9.17) is 10.2 Å². The second kappa shape index (κ2) is 1.42. The minimum atomic E-state index is -2.42. The Labute approximate surface area is 48.5 Å². The van der Waals surface area contributed by atoms with Gasteiger partial charge in [0.15, 0.2) is 0 Å². The summed E-state index contributed by atoms with van der Waals surface area (Å²) in [4.78, 5) is 27.2. The third kappa shape index (κ3) is 0.644. The van der Waals surface area contributed by atoms with Crippen molar-refractivity contribution in [3.63, 3.8) is 0 Å². The molecular weight excluding hydrogens is 132 g/mol. The van der Waals surface area contributed by atoms with E-state index in [0.717, 1.165) is 0 Å². The number of carbonyl (C=O) groups is 2. The quantitative estimate of drug-likeness (QED) is 0.280. The van der Waals surface area contributed by atoms with Crippen LogP contribution in [0.15, 0.2) is 0 Å². The molecule has 0 radical (unpaired) electrons. The zero-order valence-corrected chi connectivity index (χ0v) is 4.03. The molecule has 50 valence electrons. The summed E-state index contributed by atoms with van der Waals surface area (Å²) in [5.41, 5.74) is 0. The molecule has 6 heteroatoms. The highest BCUT2D eigenvalue weighted by Crippen LogP contribution is 2.29. The van der Waals surface area contributed by atoms with Crippen LogP contribution in [0.4, 0.5) is 0 Å². The van der Waals surface area contributed by atoms with E-state index in [-0.39, 0.29) is 0 Å². The molecule has 6 nitrogen and oxygen atoms in total. The lowest BCUT2D eigenvalue weighted by Gasteiger charge is -1.89. The highest BCUT2D eigenvalue weighted by atomic mass is 17.4. The van der Waals surface area contributed by atoms with Crippen LogP contribution in [0.2, 0.25) is 0 Å². The van der Waals surface area contributed by atoms with Gasteiger partial charge in [-0.15, -0.1) is 0 Å². The molecule has 0 aliphatic carbocycles. The Hall–Kier alpha value is -1.14. The first-order valence-corrected chi connectivity index (χ1v) is 1.93. The fourth-order valence-corrected chi connectivity index (χ4v) is 0.276. The van der Waals surface area contributed by atoms with Gasteiger partial charge in [-0.05, 0) is 0 Å². The predicted molar refractivity (Wildman–Crippen MR) is 20.2 cm³/mol. The van der Waals surface area contributed by atoms with Gasteiger partial charge in [-0.2, -0.15) is 9.78 Å². The molecule has 2 N–H and O–H groups in total. The van der Waals surface area contributed by atoms with Crippen LogP contribution in [0.1, 0.15) is 0 Å². The Bertz CT molecular complexity index is 151. The van der Waals surface area contributed by atoms with Crippen molar-refractivity contribution in [2.24, 2.45) is 0 Å². The Morgan fingerprint density at radius 2 is 1.44 bits per heavy atom. The molecule has 1 fully saturated rings. The van der Waals surface area contributed by atoms with E-state index in [0.29, 0.717) is 0 Å². The van der Waals surface area contributed by atoms with Crippen LogP contribution >= 0.6 is 0 Å². The third-order valence-corrected chi connectivity index (χ3v) is 0.813. The smallest absolute Gasteiger partial charge is 0.423 e. The summed E-state index contributed by atoms with van der Waals surface area (Å²) in [7, 11) is 0. The summed E-state index contributed by atoms with van der Waals surface area (Å²) in [5, 5.41) is 16.1. The average molecular weight is 134 g/mol. The Balaban J connectivity index is 2.75. The monoisotopic (exact) mass is 134 g/mol. The molecule has 0 aromatic rings. The molecule has 0 atom stereocenters. The first-order chi connectivity index (χ1) is 4.09.